The second kappa shape index (κ2) is 8.70. The quantitative estimate of drug-likeness (QED) is 0.279. The van der Waals surface area contributed by atoms with E-state index >= 15 is 0 Å². The van der Waals surface area contributed by atoms with E-state index in [0.717, 1.165) is 6.42 Å². The molecule has 0 aromatic heterocycles. The monoisotopic (exact) mass is 368 g/mol. The molecule has 0 radical (unpaired) electrons. The Hall–Kier alpha value is 0.647. The summed E-state index contributed by atoms with van der Waals surface area (Å²) in [5.41, 5.74) is 0.0554. The Labute approximate surface area is 123 Å². The standard InChI is InChI=1S/C14H29IOSi/c1-6-7-8-9-11-14(2,12-10-13-15)16-17(3,4)5/h10,13H,6-9,11-12H2,1-5H3. The van der Waals surface area contributed by atoms with Crippen LogP contribution >= 0.6 is 22.6 Å². The maximum atomic E-state index is 6.39. The van der Waals surface area contributed by atoms with Crippen molar-refractivity contribution in [1.82, 2.24) is 0 Å². The maximum Gasteiger partial charge on any atom is 0.184 e. The minimum absolute atomic E-state index is 0.0554. The fraction of sp³-hybridized carbons (Fsp3) is 0.857. The van der Waals surface area contributed by atoms with Crippen LogP contribution in [0.2, 0.25) is 19.6 Å². The zero-order valence-corrected chi connectivity index (χ0v) is 15.3. The fourth-order valence-electron chi connectivity index (χ4n) is 2.15. The second-order valence-corrected chi connectivity index (χ2v) is 11.2. The van der Waals surface area contributed by atoms with E-state index in [1.807, 2.05) is 0 Å². The Bertz CT molecular complexity index is 223. The zero-order valence-electron chi connectivity index (χ0n) is 12.2. The lowest BCUT2D eigenvalue weighted by Crippen LogP contribution is -2.40. The number of unbranched alkanes of at least 4 members (excludes halogenated alkanes) is 3. The van der Waals surface area contributed by atoms with Crippen molar-refractivity contribution < 1.29 is 4.43 Å². The van der Waals surface area contributed by atoms with Gasteiger partial charge in [0.05, 0.1) is 5.60 Å². The van der Waals surface area contributed by atoms with Crippen LogP contribution in [0.1, 0.15) is 52.4 Å². The van der Waals surface area contributed by atoms with Crippen molar-refractivity contribution in [2.75, 3.05) is 0 Å². The zero-order chi connectivity index (χ0) is 13.4. The van der Waals surface area contributed by atoms with E-state index in [2.05, 4.69) is 66.2 Å². The van der Waals surface area contributed by atoms with Crippen LogP contribution in [0.25, 0.3) is 0 Å². The van der Waals surface area contributed by atoms with Gasteiger partial charge in [-0.05, 0) is 43.5 Å². The molecule has 0 fully saturated rings. The van der Waals surface area contributed by atoms with Gasteiger partial charge in [-0.3, -0.25) is 0 Å². The Balaban J connectivity index is 4.28. The second-order valence-electron chi connectivity index (χ2n) is 6.04. The summed E-state index contributed by atoms with van der Waals surface area (Å²) in [6.45, 7) is 11.4. The lowest BCUT2D eigenvalue weighted by atomic mass is 9.95. The van der Waals surface area contributed by atoms with Gasteiger partial charge in [-0.1, -0.05) is 61.3 Å². The fourth-order valence-corrected chi connectivity index (χ4v) is 4.07. The molecule has 0 bridgehead atoms. The third-order valence-corrected chi connectivity index (χ3v) is 4.36. The first kappa shape index (κ1) is 17.6. The van der Waals surface area contributed by atoms with Gasteiger partial charge >= 0.3 is 0 Å². The predicted molar refractivity (Wildman–Crippen MR) is 89.4 cm³/mol. The normalized spacial score (nSPS) is 16.4. The van der Waals surface area contributed by atoms with E-state index < -0.39 is 8.32 Å². The highest BCUT2D eigenvalue weighted by atomic mass is 127. The average molecular weight is 368 g/mol. The van der Waals surface area contributed by atoms with E-state index in [9.17, 15) is 0 Å². The molecule has 0 aromatic carbocycles. The van der Waals surface area contributed by atoms with Crippen molar-refractivity contribution >= 4 is 30.9 Å². The summed E-state index contributed by atoms with van der Waals surface area (Å²) in [6, 6.07) is 0. The average Bonchev–Trinajstić information content (AvgIpc) is 2.19. The Morgan fingerprint density at radius 3 is 2.29 bits per heavy atom. The minimum atomic E-state index is -1.45. The largest absolute Gasteiger partial charge is 0.412 e. The molecule has 0 aromatic rings. The van der Waals surface area contributed by atoms with Crippen LogP contribution in [0.4, 0.5) is 0 Å². The van der Waals surface area contributed by atoms with Gasteiger partial charge in [-0.2, -0.15) is 0 Å². The third-order valence-electron chi connectivity index (χ3n) is 2.75. The molecule has 0 spiro atoms. The van der Waals surface area contributed by atoms with Crippen molar-refractivity contribution in [3.8, 4) is 0 Å². The first-order valence-electron chi connectivity index (χ1n) is 6.78. The highest BCUT2D eigenvalue weighted by Gasteiger charge is 2.29. The number of halogens is 1. The van der Waals surface area contributed by atoms with Crippen LogP contribution in [0.5, 0.6) is 0 Å². The molecule has 1 unspecified atom stereocenters. The molecule has 102 valence electrons. The van der Waals surface area contributed by atoms with Crippen molar-refractivity contribution in [3.63, 3.8) is 0 Å². The lowest BCUT2D eigenvalue weighted by molar-refractivity contribution is 0.0711. The third kappa shape index (κ3) is 10.3. The molecule has 0 aliphatic heterocycles. The van der Waals surface area contributed by atoms with Gasteiger partial charge in [-0.25, -0.2) is 0 Å². The summed E-state index contributed by atoms with van der Waals surface area (Å²) in [6.07, 6.45) is 9.77. The van der Waals surface area contributed by atoms with Gasteiger partial charge in [0.1, 0.15) is 0 Å². The van der Waals surface area contributed by atoms with Crippen molar-refractivity contribution in [3.05, 3.63) is 10.2 Å². The van der Waals surface area contributed by atoms with Gasteiger partial charge in [0.15, 0.2) is 8.32 Å². The van der Waals surface area contributed by atoms with Crippen LogP contribution in [-0.4, -0.2) is 13.9 Å². The highest BCUT2D eigenvalue weighted by Crippen LogP contribution is 2.28. The summed E-state index contributed by atoms with van der Waals surface area (Å²) >= 11 is 2.29. The summed E-state index contributed by atoms with van der Waals surface area (Å²) < 4.78 is 8.50. The van der Waals surface area contributed by atoms with Gasteiger partial charge < -0.3 is 4.43 Å². The van der Waals surface area contributed by atoms with Crippen LogP contribution in [0.15, 0.2) is 10.2 Å². The van der Waals surface area contributed by atoms with Crippen LogP contribution in [0.3, 0.4) is 0 Å². The van der Waals surface area contributed by atoms with Crippen molar-refractivity contribution in [2.24, 2.45) is 0 Å². The van der Waals surface area contributed by atoms with E-state index in [4.69, 9.17) is 4.43 Å². The maximum absolute atomic E-state index is 6.39. The first-order chi connectivity index (χ1) is 7.83. The van der Waals surface area contributed by atoms with E-state index in [0.29, 0.717) is 0 Å². The number of rotatable bonds is 9. The SMILES string of the molecule is CCCCCCC(C)(CC=CI)O[Si](C)(C)C. The molecule has 0 rings (SSSR count). The van der Waals surface area contributed by atoms with Crippen molar-refractivity contribution in [1.29, 1.82) is 0 Å². The molecule has 0 aliphatic rings. The highest BCUT2D eigenvalue weighted by molar-refractivity contribution is 14.1. The molecule has 1 atom stereocenters. The van der Waals surface area contributed by atoms with Gasteiger partial charge in [-0.15, -0.1) is 0 Å². The molecule has 17 heavy (non-hydrogen) atoms. The van der Waals surface area contributed by atoms with Crippen LogP contribution in [-0.2, 0) is 4.43 Å². The molecule has 0 N–H and O–H groups in total. The summed E-state index contributed by atoms with van der Waals surface area (Å²) in [4.78, 5) is 0. The molecule has 1 nitrogen and oxygen atoms in total. The predicted octanol–water partition coefficient (Wildman–Crippen LogP) is 5.91. The van der Waals surface area contributed by atoms with Crippen molar-refractivity contribution in [2.45, 2.75) is 77.6 Å². The number of hydrogen-bond donors (Lipinski definition) is 0. The lowest BCUT2D eigenvalue weighted by Gasteiger charge is -2.36. The summed E-state index contributed by atoms with van der Waals surface area (Å²) in [5, 5.41) is 0. The van der Waals surface area contributed by atoms with Crippen LogP contribution < -0.4 is 0 Å². The smallest absolute Gasteiger partial charge is 0.184 e. The molecule has 3 heteroatoms. The van der Waals surface area contributed by atoms with Gasteiger partial charge in [0, 0.05) is 0 Å². The molecular weight excluding hydrogens is 339 g/mol. The Morgan fingerprint density at radius 2 is 1.82 bits per heavy atom. The van der Waals surface area contributed by atoms with E-state index in [1.54, 1.807) is 0 Å². The van der Waals surface area contributed by atoms with E-state index in [1.165, 1.54) is 32.1 Å². The van der Waals surface area contributed by atoms with E-state index in [-0.39, 0.29) is 5.60 Å². The topological polar surface area (TPSA) is 9.23 Å². The Kier molecular flexibility index (Phi) is 9.03. The molecular formula is C14H29IOSi. The molecule has 0 heterocycles. The molecule has 0 aliphatic carbocycles. The van der Waals surface area contributed by atoms with Crippen LogP contribution in [0, 0.1) is 0 Å². The Morgan fingerprint density at radius 1 is 1.18 bits per heavy atom. The molecule has 0 amide bonds. The van der Waals surface area contributed by atoms with Gasteiger partial charge in [0.2, 0.25) is 0 Å². The van der Waals surface area contributed by atoms with Gasteiger partial charge in [0.25, 0.3) is 0 Å². The number of hydrogen-bond acceptors (Lipinski definition) is 1. The molecule has 0 saturated carbocycles. The summed E-state index contributed by atoms with van der Waals surface area (Å²) in [5.74, 6) is 0. The molecule has 0 saturated heterocycles. The summed E-state index contributed by atoms with van der Waals surface area (Å²) in [7, 11) is -1.45. The minimum Gasteiger partial charge on any atom is -0.412 e. The first-order valence-corrected chi connectivity index (χ1v) is 11.4.